The summed E-state index contributed by atoms with van der Waals surface area (Å²) in [5.41, 5.74) is 1.01. The van der Waals surface area contributed by atoms with Crippen molar-refractivity contribution in [1.29, 1.82) is 0 Å². The molecule has 1 unspecified atom stereocenters. The number of urea groups is 1. The molecule has 0 saturated heterocycles. The number of aromatic nitrogens is 3. The number of pyridine rings is 2. The van der Waals surface area contributed by atoms with Gasteiger partial charge in [-0.1, -0.05) is 11.6 Å². The average Bonchev–Trinajstić information content (AvgIpc) is 3.25. The van der Waals surface area contributed by atoms with Gasteiger partial charge in [0.1, 0.15) is 6.04 Å². The van der Waals surface area contributed by atoms with Gasteiger partial charge in [0.25, 0.3) is 0 Å². The summed E-state index contributed by atoms with van der Waals surface area (Å²) in [6.45, 7) is 2.90. The van der Waals surface area contributed by atoms with E-state index in [1.54, 1.807) is 11.5 Å². The van der Waals surface area contributed by atoms with Crippen LogP contribution < -0.4 is 5.32 Å². The van der Waals surface area contributed by atoms with Crippen LogP contribution in [0.3, 0.4) is 0 Å². The van der Waals surface area contributed by atoms with Crippen LogP contribution in [0.1, 0.15) is 38.4 Å². The molecule has 0 spiro atoms. The predicted molar refractivity (Wildman–Crippen MR) is 118 cm³/mol. The van der Waals surface area contributed by atoms with E-state index in [0.29, 0.717) is 11.1 Å². The summed E-state index contributed by atoms with van der Waals surface area (Å²) < 4.78 is 93.2. The average molecular weight is 540 g/mol. The fourth-order valence-electron chi connectivity index (χ4n) is 3.65. The van der Waals surface area contributed by atoms with Gasteiger partial charge in [-0.25, -0.2) is 14.2 Å². The van der Waals surface area contributed by atoms with Crippen LogP contribution in [0.5, 0.6) is 0 Å². The molecule has 0 aromatic carbocycles. The van der Waals surface area contributed by atoms with Crippen LogP contribution in [0.15, 0.2) is 36.9 Å². The van der Waals surface area contributed by atoms with E-state index in [1.807, 2.05) is 0 Å². The zero-order chi connectivity index (χ0) is 26.8. The molecule has 0 aliphatic heterocycles. The molecular weight excluding hydrogens is 519 g/mol. The van der Waals surface area contributed by atoms with Crippen LogP contribution in [-0.4, -0.2) is 50.2 Å². The molecule has 0 bridgehead atoms. The molecule has 0 radical (unpaired) electrons. The minimum absolute atomic E-state index is 0.0773. The van der Waals surface area contributed by atoms with Gasteiger partial charge >= 0.3 is 18.4 Å². The Labute approximate surface area is 206 Å². The second-order valence-corrected chi connectivity index (χ2v) is 8.39. The van der Waals surface area contributed by atoms with Crippen molar-refractivity contribution < 1.29 is 35.5 Å². The first kappa shape index (κ1) is 27.5. The van der Waals surface area contributed by atoms with E-state index >= 15 is 0 Å². The maximum atomic E-state index is 14.4. The second-order valence-electron chi connectivity index (χ2n) is 7.98. The largest absolute Gasteiger partial charge is 0.408 e. The lowest BCUT2D eigenvalue weighted by Gasteiger charge is -2.31. The monoisotopic (exact) mass is 539 g/mol. The maximum Gasteiger partial charge on any atom is 0.408 e. The van der Waals surface area contributed by atoms with E-state index in [4.69, 9.17) is 11.6 Å². The van der Waals surface area contributed by atoms with E-state index in [1.165, 1.54) is 49.0 Å². The van der Waals surface area contributed by atoms with E-state index in [2.05, 4.69) is 9.97 Å². The molecule has 3 aromatic heterocycles. The molecule has 0 saturated carbocycles. The third-order valence-electron chi connectivity index (χ3n) is 5.54. The van der Waals surface area contributed by atoms with Crippen LogP contribution in [0.25, 0.3) is 16.8 Å². The lowest BCUT2D eigenvalue weighted by Crippen LogP contribution is -2.51. The van der Waals surface area contributed by atoms with Gasteiger partial charge < -0.3 is 14.6 Å². The van der Waals surface area contributed by atoms with Gasteiger partial charge in [-0.15, -0.1) is 0 Å². The summed E-state index contributed by atoms with van der Waals surface area (Å²) in [7, 11) is 0. The zero-order valence-corrected chi connectivity index (χ0v) is 19.7. The van der Waals surface area contributed by atoms with Gasteiger partial charge in [0.2, 0.25) is 0 Å². The highest BCUT2D eigenvalue weighted by Gasteiger charge is 2.43. The quantitative estimate of drug-likeness (QED) is 0.346. The highest BCUT2D eigenvalue weighted by Crippen LogP contribution is 2.33. The maximum absolute atomic E-state index is 14.4. The molecule has 3 rings (SSSR count). The number of alkyl halides is 6. The fraction of sp³-hybridized carbons (Fsp3) is 0.409. The van der Waals surface area contributed by atoms with Crippen LogP contribution in [-0.2, 0) is 0 Å². The Hall–Kier alpha value is -3.09. The Kier molecular flexibility index (Phi) is 8.01. The minimum atomic E-state index is -5.08. The van der Waals surface area contributed by atoms with Crippen molar-refractivity contribution in [3.8, 4) is 11.1 Å². The second kappa shape index (κ2) is 10.5. The summed E-state index contributed by atoms with van der Waals surface area (Å²) in [6.07, 6.45) is -7.19. The number of carbonyl (C=O) groups is 1. The number of nitrogens with one attached hydrogen (secondary N) is 1. The van der Waals surface area contributed by atoms with Crippen molar-refractivity contribution in [2.24, 2.45) is 0 Å². The highest BCUT2D eigenvalue weighted by molar-refractivity contribution is 6.33. The van der Waals surface area contributed by atoms with E-state index in [0.717, 1.165) is 4.90 Å². The zero-order valence-electron chi connectivity index (χ0n) is 19.0. The number of fused-ring (bicyclic) bond motifs is 1. The molecular formula is C22H21ClF7N5O. The van der Waals surface area contributed by atoms with Crippen molar-refractivity contribution in [2.75, 3.05) is 6.54 Å². The topological polar surface area (TPSA) is 62.5 Å². The Morgan fingerprint density at radius 1 is 1.19 bits per heavy atom. The molecule has 0 aliphatic rings. The van der Waals surface area contributed by atoms with Gasteiger partial charge in [-0.2, -0.15) is 26.3 Å². The Morgan fingerprint density at radius 3 is 2.50 bits per heavy atom. The van der Waals surface area contributed by atoms with Gasteiger partial charge in [0.15, 0.2) is 11.5 Å². The smallest absolute Gasteiger partial charge is 0.326 e. The predicted octanol–water partition coefficient (Wildman–Crippen LogP) is 6.55. The molecule has 14 heteroatoms. The molecule has 2 atom stereocenters. The summed E-state index contributed by atoms with van der Waals surface area (Å²) in [5, 5.41) is 1.82. The van der Waals surface area contributed by atoms with Crippen molar-refractivity contribution in [3.63, 3.8) is 0 Å². The molecule has 3 aromatic rings. The third kappa shape index (κ3) is 6.37. The number of halogens is 8. The van der Waals surface area contributed by atoms with Crippen molar-refractivity contribution in [1.82, 2.24) is 24.6 Å². The SMILES string of the molecule is CCN(C(=O)N[C@@H](CCC(F)(F)F)C(F)(F)F)C(C)c1cc(-c2cc(F)c3nccn3c2)c(Cl)cn1. The molecule has 196 valence electrons. The number of hydrogen-bond donors (Lipinski definition) is 1. The first-order chi connectivity index (χ1) is 16.7. The lowest BCUT2D eigenvalue weighted by atomic mass is 10.0. The number of rotatable bonds is 7. The summed E-state index contributed by atoms with van der Waals surface area (Å²) in [4.78, 5) is 21.7. The van der Waals surface area contributed by atoms with E-state index < -0.39 is 49.1 Å². The van der Waals surface area contributed by atoms with Crippen LogP contribution in [0.2, 0.25) is 5.02 Å². The molecule has 1 N–H and O–H groups in total. The van der Waals surface area contributed by atoms with Gasteiger partial charge in [-0.3, -0.25) is 4.98 Å². The van der Waals surface area contributed by atoms with E-state index in [9.17, 15) is 35.5 Å². The third-order valence-corrected chi connectivity index (χ3v) is 5.84. The van der Waals surface area contributed by atoms with Crippen molar-refractivity contribution in [3.05, 3.63) is 53.5 Å². The molecule has 2 amide bonds. The Bertz CT molecular complexity index is 1230. The summed E-state index contributed by atoms with van der Waals surface area (Å²) in [5.74, 6) is -0.619. The molecule has 36 heavy (non-hydrogen) atoms. The van der Waals surface area contributed by atoms with Gasteiger partial charge in [-0.05, 0) is 32.4 Å². The molecule has 0 fully saturated rings. The van der Waals surface area contributed by atoms with Crippen LogP contribution in [0, 0.1) is 5.82 Å². The van der Waals surface area contributed by atoms with E-state index in [-0.39, 0.29) is 22.9 Å². The fourth-order valence-corrected chi connectivity index (χ4v) is 3.87. The number of amides is 2. The first-order valence-corrected chi connectivity index (χ1v) is 11.1. The minimum Gasteiger partial charge on any atom is -0.326 e. The molecule has 0 aliphatic carbocycles. The standard InChI is InChI=1S/C22H21ClF7N5O/c1-3-35(20(36)33-18(22(28,29)30)4-5-21(25,26)27)12(2)17-9-14(15(23)10-32-17)13-8-16(24)19-31-6-7-34(19)11-13/h6-12,18H,3-5H2,1-2H3,(H,33,36)/t12?,18-/m0/s1. The van der Waals surface area contributed by atoms with Gasteiger partial charge in [0.05, 0.1) is 16.8 Å². The van der Waals surface area contributed by atoms with Crippen molar-refractivity contribution in [2.45, 2.75) is 51.1 Å². The normalized spacial score (nSPS) is 14.1. The van der Waals surface area contributed by atoms with Crippen LogP contribution in [0.4, 0.5) is 35.5 Å². The van der Waals surface area contributed by atoms with Crippen molar-refractivity contribution >= 4 is 23.3 Å². The Morgan fingerprint density at radius 2 is 1.89 bits per heavy atom. The molecule has 6 nitrogen and oxygen atoms in total. The Balaban J connectivity index is 1.87. The number of hydrogen-bond acceptors (Lipinski definition) is 3. The number of carbonyl (C=O) groups excluding carboxylic acids is 1. The van der Waals surface area contributed by atoms with Crippen LogP contribution >= 0.6 is 11.6 Å². The first-order valence-electron chi connectivity index (χ1n) is 10.7. The number of nitrogens with zero attached hydrogens (tertiary/aromatic N) is 4. The number of imidazole rings is 1. The summed E-state index contributed by atoms with van der Waals surface area (Å²) in [6, 6.07) is -2.13. The van der Waals surface area contributed by atoms with Gasteiger partial charge in [0, 0.05) is 48.9 Å². The highest BCUT2D eigenvalue weighted by atomic mass is 35.5. The molecule has 3 heterocycles. The lowest BCUT2D eigenvalue weighted by molar-refractivity contribution is -0.171. The summed E-state index contributed by atoms with van der Waals surface area (Å²) >= 11 is 6.26.